The van der Waals surface area contributed by atoms with E-state index in [4.69, 9.17) is 4.74 Å². The lowest BCUT2D eigenvalue weighted by atomic mass is 9.85. The molecule has 1 aliphatic rings. The SMILES string of the molecule is CC(=O)[C@@H]1COC(=O)c2c(O)cc(O)c(C)c21. The maximum absolute atomic E-state index is 11.6. The minimum Gasteiger partial charge on any atom is -0.508 e. The molecule has 1 aromatic carbocycles. The van der Waals surface area contributed by atoms with Crippen molar-refractivity contribution in [2.45, 2.75) is 19.8 Å². The summed E-state index contributed by atoms with van der Waals surface area (Å²) in [7, 11) is 0. The first-order valence-corrected chi connectivity index (χ1v) is 5.16. The van der Waals surface area contributed by atoms with Crippen molar-refractivity contribution in [2.24, 2.45) is 0 Å². The Morgan fingerprint density at radius 3 is 2.65 bits per heavy atom. The second kappa shape index (κ2) is 3.76. The highest BCUT2D eigenvalue weighted by atomic mass is 16.5. The van der Waals surface area contributed by atoms with Crippen LogP contribution < -0.4 is 0 Å². The Labute approximate surface area is 97.6 Å². The highest BCUT2D eigenvalue weighted by Crippen LogP contribution is 2.39. The molecule has 5 heteroatoms. The summed E-state index contributed by atoms with van der Waals surface area (Å²) in [4.78, 5) is 23.1. The van der Waals surface area contributed by atoms with Gasteiger partial charge in [0.2, 0.25) is 0 Å². The molecular weight excluding hydrogens is 224 g/mol. The average molecular weight is 236 g/mol. The van der Waals surface area contributed by atoms with Gasteiger partial charge in [-0.15, -0.1) is 0 Å². The van der Waals surface area contributed by atoms with Crippen LogP contribution in [0.1, 0.15) is 34.3 Å². The Bertz CT molecular complexity index is 518. The van der Waals surface area contributed by atoms with E-state index in [1.54, 1.807) is 6.92 Å². The summed E-state index contributed by atoms with van der Waals surface area (Å²) in [5.41, 5.74) is 0.771. The van der Waals surface area contributed by atoms with Crippen LogP contribution >= 0.6 is 0 Å². The van der Waals surface area contributed by atoms with Crippen LogP contribution in [-0.2, 0) is 9.53 Å². The molecule has 0 fully saturated rings. The van der Waals surface area contributed by atoms with Gasteiger partial charge in [-0.2, -0.15) is 0 Å². The number of esters is 1. The largest absolute Gasteiger partial charge is 0.508 e. The van der Waals surface area contributed by atoms with E-state index in [9.17, 15) is 19.8 Å². The van der Waals surface area contributed by atoms with Crippen molar-refractivity contribution >= 4 is 11.8 Å². The van der Waals surface area contributed by atoms with E-state index < -0.39 is 11.9 Å². The Hall–Kier alpha value is -2.04. The Morgan fingerprint density at radius 2 is 2.06 bits per heavy atom. The molecule has 1 aliphatic heterocycles. The summed E-state index contributed by atoms with van der Waals surface area (Å²) in [5, 5.41) is 19.3. The summed E-state index contributed by atoms with van der Waals surface area (Å²) in [6.07, 6.45) is 0. The predicted octanol–water partition coefficient (Wildman–Crippen LogP) is 1.25. The van der Waals surface area contributed by atoms with Crippen molar-refractivity contribution in [1.29, 1.82) is 0 Å². The lowest BCUT2D eigenvalue weighted by Gasteiger charge is -2.25. The molecule has 0 saturated carbocycles. The number of cyclic esters (lactones) is 1. The van der Waals surface area contributed by atoms with E-state index in [0.717, 1.165) is 6.07 Å². The Kier molecular flexibility index (Phi) is 2.53. The van der Waals surface area contributed by atoms with E-state index in [1.165, 1.54) is 6.92 Å². The van der Waals surface area contributed by atoms with Crippen LogP contribution in [0.15, 0.2) is 6.07 Å². The highest BCUT2D eigenvalue weighted by Gasteiger charge is 2.34. The fourth-order valence-electron chi connectivity index (χ4n) is 2.06. The van der Waals surface area contributed by atoms with E-state index in [0.29, 0.717) is 11.1 Å². The number of phenolic OH excluding ortho intramolecular Hbond substituents is 2. The summed E-state index contributed by atoms with van der Waals surface area (Å²) in [6, 6.07) is 1.08. The third-order valence-corrected chi connectivity index (χ3v) is 3.01. The number of rotatable bonds is 1. The quantitative estimate of drug-likeness (QED) is 0.717. The van der Waals surface area contributed by atoms with Crippen LogP contribution in [0.25, 0.3) is 0 Å². The summed E-state index contributed by atoms with van der Waals surface area (Å²) in [6.45, 7) is 2.93. The predicted molar refractivity (Wildman–Crippen MR) is 58.2 cm³/mol. The molecule has 90 valence electrons. The number of Topliss-reactive ketones (excluding diaryl/α,β-unsaturated/α-hetero) is 1. The van der Waals surface area contributed by atoms with Crippen molar-refractivity contribution in [3.63, 3.8) is 0 Å². The van der Waals surface area contributed by atoms with Gasteiger partial charge < -0.3 is 14.9 Å². The molecule has 1 aromatic rings. The fraction of sp³-hybridized carbons (Fsp3) is 0.333. The smallest absolute Gasteiger partial charge is 0.342 e. The number of hydrogen-bond donors (Lipinski definition) is 2. The van der Waals surface area contributed by atoms with Crippen LogP contribution in [0.5, 0.6) is 11.5 Å². The second-order valence-corrected chi connectivity index (χ2v) is 4.09. The molecule has 0 amide bonds. The van der Waals surface area contributed by atoms with E-state index in [2.05, 4.69) is 0 Å². The fourth-order valence-corrected chi connectivity index (χ4v) is 2.06. The topological polar surface area (TPSA) is 83.8 Å². The number of phenols is 2. The van der Waals surface area contributed by atoms with Gasteiger partial charge in [-0.05, 0) is 25.0 Å². The zero-order chi connectivity index (χ0) is 12.7. The van der Waals surface area contributed by atoms with Crippen LogP contribution in [-0.4, -0.2) is 28.6 Å². The van der Waals surface area contributed by atoms with Crippen molar-refractivity contribution < 1.29 is 24.5 Å². The van der Waals surface area contributed by atoms with Gasteiger partial charge in [0, 0.05) is 6.07 Å². The number of carbonyl (C=O) groups is 2. The molecule has 5 nitrogen and oxygen atoms in total. The Morgan fingerprint density at radius 1 is 1.41 bits per heavy atom. The van der Waals surface area contributed by atoms with Crippen molar-refractivity contribution in [3.8, 4) is 11.5 Å². The standard InChI is InChI=1S/C12H12O5/c1-5-8(14)3-9(15)11-10(5)7(6(2)13)4-17-12(11)16/h3,7,14-15H,4H2,1-2H3/t7-/m0/s1. The maximum atomic E-state index is 11.6. The van der Waals surface area contributed by atoms with Gasteiger partial charge in [0.05, 0.1) is 5.92 Å². The summed E-state index contributed by atoms with van der Waals surface area (Å²) < 4.78 is 4.85. The summed E-state index contributed by atoms with van der Waals surface area (Å²) in [5.74, 6) is -1.97. The lowest BCUT2D eigenvalue weighted by Crippen LogP contribution is -2.27. The number of ketones is 1. The van der Waals surface area contributed by atoms with Gasteiger partial charge in [-0.3, -0.25) is 4.79 Å². The van der Waals surface area contributed by atoms with Crippen molar-refractivity contribution in [3.05, 3.63) is 22.8 Å². The number of carbonyl (C=O) groups excluding carboxylic acids is 2. The monoisotopic (exact) mass is 236 g/mol. The van der Waals surface area contributed by atoms with Gasteiger partial charge in [0.15, 0.2) is 0 Å². The van der Waals surface area contributed by atoms with E-state index in [1.807, 2.05) is 0 Å². The van der Waals surface area contributed by atoms with E-state index >= 15 is 0 Å². The van der Waals surface area contributed by atoms with Crippen LogP contribution in [0.4, 0.5) is 0 Å². The molecule has 2 N–H and O–H groups in total. The van der Waals surface area contributed by atoms with Gasteiger partial charge >= 0.3 is 5.97 Å². The first-order chi connectivity index (χ1) is 7.93. The van der Waals surface area contributed by atoms with Gasteiger partial charge in [-0.25, -0.2) is 4.79 Å². The number of ether oxygens (including phenoxy) is 1. The van der Waals surface area contributed by atoms with E-state index in [-0.39, 0.29) is 29.5 Å². The number of benzene rings is 1. The number of aromatic hydroxyl groups is 2. The number of fused-ring (bicyclic) bond motifs is 1. The van der Waals surface area contributed by atoms with Crippen LogP contribution in [0.2, 0.25) is 0 Å². The molecule has 0 aromatic heterocycles. The van der Waals surface area contributed by atoms with Gasteiger partial charge in [-0.1, -0.05) is 0 Å². The molecule has 1 heterocycles. The zero-order valence-electron chi connectivity index (χ0n) is 9.48. The highest BCUT2D eigenvalue weighted by molar-refractivity contribution is 6.00. The van der Waals surface area contributed by atoms with Crippen LogP contribution in [0, 0.1) is 6.92 Å². The first kappa shape index (κ1) is 11.4. The normalized spacial score (nSPS) is 18.5. The maximum Gasteiger partial charge on any atom is 0.342 e. The minimum atomic E-state index is -0.668. The summed E-state index contributed by atoms with van der Waals surface area (Å²) >= 11 is 0. The molecule has 0 aliphatic carbocycles. The molecule has 0 radical (unpaired) electrons. The third kappa shape index (κ3) is 1.63. The van der Waals surface area contributed by atoms with Gasteiger partial charge in [0.25, 0.3) is 0 Å². The second-order valence-electron chi connectivity index (χ2n) is 4.09. The molecule has 2 rings (SSSR count). The molecule has 0 bridgehead atoms. The third-order valence-electron chi connectivity index (χ3n) is 3.01. The van der Waals surface area contributed by atoms with Crippen molar-refractivity contribution in [1.82, 2.24) is 0 Å². The molecule has 0 saturated heterocycles. The molecule has 0 unspecified atom stereocenters. The first-order valence-electron chi connectivity index (χ1n) is 5.16. The number of hydrogen-bond acceptors (Lipinski definition) is 5. The molecule has 17 heavy (non-hydrogen) atoms. The van der Waals surface area contributed by atoms with Gasteiger partial charge in [0.1, 0.15) is 29.5 Å². The Balaban J connectivity index is 2.76. The lowest BCUT2D eigenvalue weighted by molar-refractivity contribution is -0.119. The zero-order valence-corrected chi connectivity index (χ0v) is 9.48. The average Bonchev–Trinajstić information content (AvgIpc) is 2.25. The van der Waals surface area contributed by atoms with Crippen LogP contribution in [0.3, 0.4) is 0 Å². The molecular formula is C12H12O5. The molecule has 1 atom stereocenters. The minimum absolute atomic E-state index is 0.0215. The molecule has 0 spiro atoms. The van der Waals surface area contributed by atoms with Crippen molar-refractivity contribution in [2.75, 3.05) is 6.61 Å².